The Hall–Kier alpha value is -2.88. The van der Waals surface area contributed by atoms with Gasteiger partial charge in [-0.1, -0.05) is 24.3 Å². The Bertz CT molecular complexity index is 1150. The molecule has 2 aromatic carbocycles. The zero-order valence-electron chi connectivity index (χ0n) is 16.7. The summed E-state index contributed by atoms with van der Waals surface area (Å²) in [7, 11) is 0. The van der Waals surface area contributed by atoms with E-state index < -0.39 is 23.5 Å². The molecule has 1 amide bonds. The Morgan fingerprint density at radius 1 is 1.10 bits per heavy atom. The Kier molecular flexibility index (Phi) is 4.76. The van der Waals surface area contributed by atoms with Crippen LogP contribution in [0.1, 0.15) is 24.6 Å². The van der Waals surface area contributed by atoms with E-state index in [1.54, 1.807) is 28.0 Å². The number of benzene rings is 2. The number of aliphatic hydroxyl groups excluding tert-OH is 1. The highest BCUT2D eigenvalue weighted by atomic mass is 19.1. The standard InChI is InChI=1S/C22H22F2N4O3/c23-16-3-1-2-15-18(25-26-19(15)16)13-4-5-14(17(24)12-13)20(29)27-8-10-28(11-9-27)21(30)22(31)6-7-22/h1-5,12,20,29,31H,6-11H2,(H,25,26). The summed E-state index contributed by atoms with van der Waals surface area (Å²) in [5.74, 6) is -1.31. The number of para-hydroxylation sites is 1. The van der Waals surface area contributed by atoms with Crippen LogP contribution in [0, 0.1) is 11.6 Å². The van der Waals surface area contributed by atoms with Crippen molar-refractivity contribution >= 4 is 16.8 Å². The number of amides is 1. The lowest BCUT2D eigenvalue weighted by atomic mass is 10.0. The Morgan fingerprint density at radius 2 is 1.84 bits per heavy atom. The molecule has 1 saturated carbocycles. The van der Waals surface area contributed by atoms with Crippen molar-refractivity contribution < 1.29 is 23.8 Å². The van der Waals surface area contributed by atoms with E-state index in [2.05, 4.69) is 10.2 Å². The van der Waals surface area contributed by atoms with Crippen LogP contribution in [0.4, 0.5) is 8.78 Å². The molecule has 5 rings (SSSR count). The maximum atomic E-state index is 14.9. The van der Waals surface area contributed by atoms with Crippen LogP contribution in [0.3, 0.4) is 0 Å². The number of piperazine rings is 1. The van der Waals surface area contributed by atoms with Gasteiger partial charge in [0.05, 0.1) is 5.69 Å². The first-order valence-electron chi connectivity index (χ1n) is 10.2. The number of hydrogen-bond donors (Lipinski definition) is 3. The molecule has 1 saturated heterocycles. The van der Waals surface area contributed by atoms with Gasteiger partial charge in [-0.15, -0.1) is 0 Å². The minimum Gasteiger partial charge on any atom is -0.380 e. The van der Waals surface area contributed by atoms with Crippen LogP contribution in [0.5, 0.6) is 0 Å². The molecule has 2 aliphatic rings. The number of carbonyl (C=O) groups excluding carboxylic acids is 1. The molecule has 3 aromatic rings. The predicted octanol–water partition coefficient (Wildman–Crippen LogP) is 2.17. The van der Waals surface area contributed by atoms with Crippen molar-refractivity contribution in [2.45, 2.75) is 24.7 Å². The van der Waals surface area contributed by atoms with Crippen LogP contribution in [0.25, 0.3) is 22.2 Å². The van der Waals surface area contributed by atoms with Crippen LogP contribution in [-0.2, 0) is 4.79 Å². The van der Waals surface area contributed by atoms with Crippen LogP contribution in [0.2, 0.25) is 0 Å². The minimum atomic E-state index is -1.21. The van der Waals surface area contributed by atoms with E-state index in [4.69, 9.17) is 0 Å². The van der Waals surface area contributed by atoms with E-state index in [9.17, 15) is 23.8 Å². The molecule has 1 atom stereocenters. The lowest BCUT2D eigenvalue weighted by molar-refractivity contribution is -0.146. The van der Waals surface area contributed by atoms with Gasteiger partial charge in [-0.3, -0.25) is 14.8 Å². The minimum absolute atomic E-state index is 0.124. The first kappa shape index (κ1) is 20.0. The van der Waals surface area contributed by atoms with Gasteiger partial charge in [-0.25, -0.2) is 8.78 Å². The monoisotopic (exact) mass is 428 g/mol. The van der Waals surface area contributed by atoms with E-state index in [1.807, 2.05) is 0 Å². The second kappa shape index (κ2) is 7.37. The maximum absolute atomic E-state index is 14.9. The van der Waals surface area contributed by atoms with E-state index in [0.29, 0.717) is 55.7 Å². The highest BCUT2D eigenvalue weighted by molar-refractivity contribution is 5.93. The zero-order chi connectivity index (χ0) is 21.8. The number of halogens is 2. The largest absolute Gasteiger partial charge is 0.380 e. The topological polar surface area (TPSA) is 92.7 Å². The van der Waals surface area contributed by atoms with Gasteiger partial charge in [0.1, 0.15) is 23.2 Å². The quantitative estimate of drug-likeness (QED) is 0.592. The first-order chi connectivity index (χ1) is 14.9. The van der Waals surface area contributed by atoms with Crippen molar-refractivity contribution in [2.24, 2.45) is 0 Å². The van der Waals surface area contributed by atoms with Crippen molar-refractivity contribution in [3.8, 4) is 11.3 Å². The third kappa shape index (κ3) is 3.48. The molecule has 0 bridgehead atoms. The van der Waals surface area contributed by atoms with Crippen molar-refractivity contribution in [1.82, 2.24) is 20.0 Å². The smallest absolute Gasteiger partial charge is 0.254 e. The summed E-state index contributed by atoms with van der Waals surface area (Å²) in [6, 6.07) is 9.03. The summed E-state index contributed by atoms with van der Waals surface area (Å²) in [4.78, 5) is 15.5. The van der Waals surface area contributed by atoms with Crippen LogP contribution < -0.4 is 0 Å². The summed E-state index contributed by atoms with van der Waals surface area (Å²) in [5.41, 5.74) is 0.0986. The molecule has 7 nitrogen and oxygen atoms in total. The predicted molar refractivity (Wildman–Crippen MR) is 109 cm³/mol. The normalized spacial score (nSPS) is 19.5. The van der Waals surface area contributed by atoms with E-state index >= 15 is 0 Å². The number of aromatic nitrogens is 2. The van der Waals surface area contributed by atoms with Gasteiger partial charge < -0.3 is 15.1 Å². The molecule has 9 heteroatoms. The summed E-state index contributed by atoms with van der Waals surface area (Å²) in [6.45, 7) is 1.47. The Balaban J connectivity index is 1.32. The number of aromatic amines is 1. The average molecular weight is 428 g/mol. The molecule has 1 aromatic heterocycles. The average Bonchev–Trinajstić information content (AvgIpc) is 3.37. The van der Waals surface area contributed by atoms with Crippen molar-refractivity contribution in [2.75, 3.05) is 26.2 Å². The molecule has 0 spiro atoms. The Morgan fingerprint density at radius 3 is 2.52 bits per heavy atom. The number of rotatable bonds is 4. The molecule has 162 valence electrons. The molecule has 0 radical (unpaired) electrons. The molecule has 1 aliphatic carbocycles. The number of nitrogens with one attached hydrogen (secondary N) is 1. The fourth-order valence-electron chi connectivity index (χ4n) is 4.11. The van der Waals surface area contributed by atoms with Gasteiger partial charge >= 0.3 is 0 Å². The van der Waals surface area contributed by atoms with Crippen molar-refractivity contribution in [3.63, 3.8) is 0 Å². The summed E-state index contributed by atoms with van der Waals surface area (Å²) < 4.78 is 28.8. The maximum Gasteiger partial charge on any atom is 0.254 e. The van der Waals surface area contributed by atoms with Gasteiger partial charge in [0.2, 0.25) is 0 Å². The number of hydrogen-bond acceptors (Lipinski definition) is 5. The lowest BCUT2D eigenvalue weighted by Gasteiger charge is -2.38. The molecule has 3 N–H and O–H groups in total. The summed E-state index contributed by atoms with van der Waals surface area (Å²) >= 11 is 0. The third-order valence-corrected chi connectivity index (χ3v) is 6.17. The second-order valence-corrected chi connectivity index (χ2v) is 8.20. The number of nitrogens with zero attached hydrogens (tertiary/aromatic N) is 3. The van der Waals surface area contributed by atoms with Gasteiger partial charge in [0, 0.05) is 42.7 Å². The number of fused-ring (bicyclic) bond motifs is 1. The number of aliphatic hydroxyl groups is 2. The highest BCUT2D eigenvalue weighted by Gasteiger charge is 2.50. The molecular formula is C22H22F2N4O3. The molecule has 31 heavy (non-hydrogen) atoms. The van der Waals surface area contributed by atoms with E-state index in [0.717, 1.165) is 0 Å². The summed E-state index contributed by atoms with van der Waals surface area (Å²) in [6.07, 6.45) is -0.180. The van der Waals surface area contributed by atoms with E-state index in [1.165, 1.54) is 18.2 Å². The van der Waals surface area contributed by atoms with Crippen molar-refractivity contribution in [1.29, 1.82) is 0 Å². The summed E-state index contributed by atoms with van der Waals surface area (Å²) in [5, 5.41) is 28.0. The molecule has 2 heterocycles. The lowest BCUT2D eigenvalue weighted by Crippen LogP contribution is -2.52. The SMILES string of the molecule is O=C(N1CCN(C(O)c2ccc(-c3[nH]nc4c(F)cccc34)cc2F)CC1)C1(O)CC1. The molecule has 2 fully saturated rings. The third-order valence-electron chi connectivity index (χ3n) is 6.17. The fourth-order valence-corrected chi connectivity index (χ4v) is 4.11. The van der Waals surface area contributed by atoms with E-state index in [-0.39, 0.29) is 17.0 Å². The number of H-pyrrole nitrogens is 1. The molecule has 1 aliphatic heterocycles. The van der Waals surface area contributed by atoms with Gasteiger partial charge in [-0.05, 0) is 25.0 Å². The first-order valence-corrected chi connectivity index (χ1v) is 10.2. The van der Waals surface area contributed by atoms with Gasteiger partial charge in [0.25, 0.3) is 5.91 Å². The van der Waals surface area contributed by atoms with Crippen LogP contribution in [-0.4, -0.2) is 67.9 Å². The fraction of sp³-hybridized carbons (Fsp3) is 0.364. The van der Waals surface area contributed by atoms with Gasteiger partial charge in [-0.2, -0.15) is 5.10 Å². The van der Waals surface area contributed by atoms with Crippen molar-refractivity contribution in [3.05, 3.63) is 53.6 Å². The number of carbonyl (C=O) groups is 1. The van der Waals surface area contributed by atoms with Crippen LogP contribution >= 0.6 is 0 Å². The van der Waals surface area contributed by atoms with Gasteiger partial charge in [0.15, 0.2) is 5.82 Å². The van der Waals surface area contributed by atoms with Crippen LogP contribution in [0.15, 0.2) is 36.4 Å². The second-order valence-electron chi connectivity index (χ2n) is 8.20. The Labute approximate surface area is 176 Å². The zero-order valence-corrected chi connectivity index (χ0v) is 16.7. The molecular weight excluding hydrogens is 406 g/mol. The highest BCUT2D eigenvalue weighted by Crippen LogP contribution is 2.37. The molecule has 1 unspecified atom stereocenters.